The van der Waals surface area contributed by atoms with Crippen molar-refractivity contribution >= 4 is 11.9 Å². The van der Waals surface area contributed by atoms with Gasteiger partial charge >= 0.3 is 11.9 Å². The third-order valence-corrected chi connectivity index (χ3v) is 17.7. The Morgan fingerprint density at radius 1 is 0.542 bits per heavy atom. The van der Waals surface area contributed by atoms with E-state index < -0.39 is 11.9 Å². The highest BCUT2D eigenvalue weighted by Gasteiger charge is 2.78. The summed E-state index contributed by atoms with van der Waals surface area (Å²) in [6, 6.07) is 16.2. The minimum absolute atomic E-state index is 0.0208. The molecule has 0 aromatic heterocycles. The number of hydrogen-bond acceptors (Lipinski definition) is 2. The first kappa shape index (κ1) is 29.1. The van der Waals surface area contributed by atoms with Gasteiger partial charge in [-0.3, -0.25) is 0 Å². The second-order valence-corrected chi connectivity index (χ2v) is 19.7. The smallest absolute Gasteiger partial charge is 0.335 e. The van der Waals surface area contributed by atoms with Gasteiger partial charge in [0.1, 0.15) is 0 Å². The molecule has 2 aromatic carbocycles. The Morgan fingerprint density at radius 2 is 0.979 bits per heavy atom. The molecule has 0 heterocycles. The normalized spacial score (nSPS) is 48.2. The first-order chi connectivity index (χ1) is 23.2. The highest BCUT2D eigenvalue weighted by atomic mass is 16.4. The van der Waals surface area contributed by atoms with Crippen LogP contribution in [0.25, 0.3) is 0 Å². The van der Waals surface area contributed by atoms with E-state index in [4.69, 9.17) is 0 Å². The molecule has 12 saturated carbocycles. The minimum Gasteiger partial charge on any atom is -0.478 e. The molecule has 12 fully saturated rings. The van der Waals surface area contributed by atoms with Gasteiger partial charge in [0.15, 0.2) is 0 Å². The van der Waals surface area contributed by atoms with Crippen molar-refractivity contribution in [2.75, 3.05) is 0 Å². The van der Waals surface area contributed by atoms with Crippen LogP contribution in [0.2, 0.25) is 0 Å². The zero-order chi connectivity index (χ0) is 32.2. The third kappa shape index (κ3) is 3.54. The van der Waals surface area contributed by atoms with Gasteiger partial charge in [0.25, 0.3) is 0 Å². The summed E-state index contributed by atoms with van der Waals surface area (Å²) in [6.45, 7) is 0. The molecule has 4 heteroatoms. The van der Waals surface area contributed by atoms with E-state index in [0.717, 1.165) is 53.3 Å². The molecule has 4 nitrogen and oxygen atoms in total. The Morgan fingerprint density at radius 3 is 1.44 bits per heavy atom. The molecule has 12 aliphatic rings. The summed E-state index contributed by atoms with van der Waals surface area (Å²) in [6.07, 6.45) is 22.2. The summed E-state index contributed by atoms with van der Waals surface area (Å²) >= 11 is 0. The number of aromatic carboxylic acids is 2. The number of hydrogen-bond donors (Lipinski definition) is 2. The monoisotopic (exact) mass is 644 g/mol. The van der Waals surface area contributed by atoms with Crippen molar-refractivity contribution in [3.05, 3.63) is 70.8 Å². The molecule has 48 heavy (non-hydrogen) atoms. The number of benzene rings is 2. The Kier molecular flexibility index (Phi) is 5.82. The van der Waals surface area contributed by atoms with Crippen LogP contribution in [0.5, 0.6) is 0 Å². The highest BCUT2D eigenvalue weighted by molar-refractivity contribution is 5.89. The number of carbonyl (C=O) groups is 2. The highest BCUT2D eigenvalue weighted by Crippen LogP contribution is 2.85. The molecular weight excluding hydrogens is 592 g/mol. The van der Waals surface area contributed by atoms with E-state index in [1.807, 2.05) is 12.1 Å². The molecule has 2 aromatic rings. The maximum atomic E-state index is 12.7. The molecule has 12 bridgehead atoms. The van der Waals surface area contributed by atoms with Gasteiger partial charge in [-0.25, -0.2) is 9.59 Å². The van der Waals surface area contributed by atoms with Crippen LogP contribution >= 0.6 is 0 Å². The van der Waals surface area contributed by atoms with E-state index in [-0.39, 0.29) is 16.2 Å². The van der Waals surface area contributed by atoms with Crippen molar-refractivity contribution in [2.45, 2.75) is 108 Å². The number of carboxylic acid groups (broad SMARTS) is 2. The molecule has 0 amide bonds. The van der Waals surface area contributed by atoms with Crippen molar-refractivity contribution in [2.24, 2.45) is 75.4 Å². The average molecular weight is 645 g/mol. The van der Waals surface area contributed by atoms with Crippen molar-refractivity contribution < 1.29 is 19.8 Å². The molecule has 14 rings (SSSR count). The van der Waals surface area contributed by atoms with E-state index in [1.165, 1.54) is 114 Å². The van der Waals surface area contributed by atoms with E-state index in [1.54, 1.807) is 12.1 Å². The fraction of sp³-hybridized carbons (Fsp3) is 0.682. The molecular formula is C44H52O4. The topological polar surface area (TPSA) is 74.6 Å². The van der Waals surface area contributed by atoms with Crippen LogP contribution in [-0.2, 0) is 5.41 Å². The quantitative estimate of drug-likeness (QED) is 0.328. The second-order valence-electron chi connectivity index (χ2n) is 19.7. The van der Waals surface area contributed by atoms with Gasteiger partial charge < -0.3 is 10.2 Å². The Bertz CT molecular complexity index is 1600. The lowest BCUT2D eigenvalue weighted by Crippen LogP contribution is -2.75. The van der Waals surface area contributed by atoms with Gasteiger partial charge in [0.2, 0.25) is 0 Å². The molecule has 5 unspecified atom stereocenters. The summed E-state index contributed by atoms with van der Waals surface area (Å²) in [5, 5.41) is 20.8. The van der Waals surface area contributed by atoms with Crippen molar-refractivity contribution in [1.29, 1.82) is 0 Å². The molecule has 2 N–H and O–H groups in total. The van der Waals surface area contributed by atoms with Gasteiger partial charge in [0, 0.05) is 5.41 Å². The first-order valence-electron chi connectivity index (χ1n) is 19.9. The molecule has 0 saturated heterocycles. The lowest BCUT2D eigenvalue weighted by Gasteiger charge is -2.81. The zero-order valence-electron chi connectivity index (χ0n) is 28.4. The standard InChI is InChI=1S/C44H52O4/c45-39(46)32-3-1-5-35(16-32)44(36-6-2-4-33(17-36)40(47)48)37-14-30-11-31(15-37)24-43(44,23-30)42-21-28-10-29(22-42)13-34(12-28)38(42)41-18-25-7-26(19-41)9-27(8-25)20-41/h1-6,16-17,25-31,34,37-38H,7-15,18-24H2,(H,45,46)(H,47,48). The summed E-state index contributed by atoms with van der Waals surface area (Å²) in [5.41, 5.74) is 3.51. The summed E-state index contributed by atoms with van der Waals surface area (Å²) in [4.78, 5) is 25.3. The SMILES string of the molecule is O=C(O)c1cccc(C2(c3cccc(C(=O)O)c3)C3CC4CC(C3)CC2(C23CC5CC(CC(C5)C2C25CC6CC(CC(C6)C2)C5)C3)C4)c1. The van der Waals surface area contributed by atoms with Crippen LogP contribution in [0.3, 0.4) is 0 Å². The van der Waals surface area contributed by atoms with Crippen LogP contribution in [0, 0.1) is 75.4 Å². The average Bonchev–Trinajstić information content (AvgIpc) is 3.03. The van der Waals surface area contributed by atoms with Gasteiger partial charge in [-0.15, -0.1) is 0 Å². The number of rotatable bonds is 6. The van der Waals surface area contributed by atoms with Crippen molar-refractivity contribution in [1.82, 2.24) is 0 Å². The van der Waals surface area contributed by atoms with E-state index in [2.05, 4.69) is 24.3 Å². The maximum Gasteiger partial charge on any atom is 0.335 e. The largest absolute Gasteiger partial charge is 0.478 e. The van der Waals surface area contributed by atoms with Crippen LogP contribution in [0.1, 0.15) is 135 Å². The zero-order valence-corrected chi connectivity index (χ0v) is 28.4. The number of carboxylic acids is 2. The van der Waals surface area contributed by atoms with E-state index in [9.17, 15) is 19.8 Å². The van der Waals surface area contributed by atoms with Crippen LogP contribution in [-0.4, -0.2) is 22.2 Å². The van der Waals surface area contributed by atoms with Crippen LogP contribution in [0.15, 0.2) is 48.5 Å². The summed E-state index contributed by atoms with van der Waals surface area (Å²) in [5.74, 6) is 6.27. The predicted molar refractivity (Wildman–Crippen MR) is 184 cm³/mol. The van der Waals surface area contributed by atoms with E-state index >= 15 is 0 Å². The third-order valence-electron chi connectivity index (χ3n) is 17.7. The second kappa shape index (κ2) is 9.58. The minimum atomic E-state index is -0.856. The van der Waals surface area contributed by atoms with Gasteiger partial charge in [-0.1, -0.05) is 24.3 Å². The predicted octanol–water partition coefficient (Wildman–Crippen LogP) is 9.85. The lowest BCUT2D eigenvalue weighted by atomic mass is 9.23. The molecule has 0 spiro atoms. The molecule has 5 atom stereocenters. The Labute approximate surface area is 285 Å². The molecule has 12 aliphatic carbocycles. The van der Waals surface area contributed by atoms with E-state index in [0.29, 0.717) is 22.5 Å². The van der Waals surface area contributed by atoms with Crippen molar-refractivity contribution in [3.63, 3.8) is 0 Å². The van der Waals surface area contributed by atoms with Gasteiger partial charge in [0.05, 0.1) is 11.1 Å². The summed E-state index contributed by atoms with van der Waals surface area (Å²) in [7, 11) is 0. The summed E-state index contributed by atoms with van der Waals surface area (Å²) < 4.78 is 0. The lowest BCUT2D eigenvalue weighted by molar-refractivity contribution is -0.296. The Balaban J connectivity index is 1.21. The van der Waals surface area contributed by atoms with Gasteiger partial charge in [-0.05, 0) is 214 Å². The molecule has 0 aliphatic heterocycles. The fourth-order valence-corrected chi connectivity index (χ4v) is 18.2. The van der Waals surface area contributed by atoms with Crippen LogP contribution in [0.4, 0.5) is 0 Å². The molecule has 252 valence electrons. The van der Waals surface area contributed by atoms with Gasteiger partial charge in [-0.2, -0.15) is 0 Å². The molecule has 0 radical (unpaired) electrons. The maximum absolute atomic E-state index is 12.7. The Hall–Kier alpha value is -2.62. The fourth-order valence-electron chi connectivity index (χ4n) is 18.2. The first-order valence-corrected chi connectivity index (χ1v) is 19.9. The van der Waals surface area contributed by atoms with Crippen LogP contribution < -0.4 is 0 Å². The van der Waals surface area contributed by atoms with Crippen molar-refractivity contribution in [3.8, 4) is 0 Å².